The van der Waals surface area contributed by atoms with Crippen molar-refractivity contribution in [3.8, 4) is 0 Å². The number of anilines is 1. The number of nitrogen functional groups attached to an aromatic ring is 1. The number of amides is 1. The van der Waals surface area contributed by atoms with Crippen molar-refractivity contribution in [3.63, 3.8) is 0 Å². The molecule has 0 saturated heterocycles. The number of carbonyl (C=O) groups is 1. The molecule has 2 aromatic heterocycles. The Morgan fingerprint density at radius 1 is 1.27 bits per heavy atom. The maximum atomic E-state index is 13.0. The van der Waals surface area contributed by atoms with Gasteiger partial charge in [-0.2, -0.15) is 13.2 Å². The lowest BCUT2D eigenvalue weighted by atomic mass is 10.0. The average molecular weight is 437 g/mol. The van der Waals surface area contributed by atoms with Crippen LogP contribution in [0, 0.1) is 0 Å². The lowest BCUT2D eigenvalue weighted by Crippen LogP contribution is -2.27. The lowest BCUT2D eigenvalue weighted by Gasteiger charge is -2.19. The largest absolute Gasteiger partial charge is 0.417 e. The molecule has 1 amide bonds. The molecule has 0 aliphatic carbocycles. The van der Waals surface area contributed by atoms with Crippen LogP contribution in [0.1, 0.15) is 32.7 Å². The molecule has 1 aliphatic heterocycles. The number of nitrogens with two attached hydrogens (primary N) is 1. The molecule has 10 heteroatoms. The van der Waals surface area contributed by atoms with Crippen LogP contribution in [0.3, 0.4) is 0 Å². The molecule has 4 rings (SSSR count). The van der Waals surface area contributed by atoms with E-state index in [1.807, 2.05) is 0 Å². The number of rotatable bonds is 3. The molecule has 30 heavy (non-hydrogen) atoms. The van der Waals surface area contributed by atoms with Crippen LogP contribution in [-0.2, 0) is 30.7 Å². The van der Waals surface area contributed by atoms with Crippen LogP contribution in [-0.4, -0.2) is 27.8 Å². The van der Waals surface area contributed by atoms with Crippen molar-refractivity contribution in [1.29, 1.82) is 0 Å². The Balaban J connectivity index is 1.62. The fraction of sp³-hybridized carbons (Fsp3) is 0.250. The summed E-state index contributed by atoms with van der Waals surface area (Å²) < 4.78 is 43.5. The zero-order chi connectivity index (χ0) is 21.6. The number of nitrogens with zero attached hydrogens (tertiary/aromatic N) is 3. The van der Waals surface area contributed by atoms with Crippen molar-refractivity contribution in [2.45, 2.75) is 25.9 Å². The van der Waals surface area contributed by atoms with E-state index in [1.54, 1.807) is 12.1 Å². The second kappa shape index (κ2) is 7.41. The van der Waals surface area contributed by atoms with Gasteiger partial charge < -0.3 is 15.4 Å². The van der Waals surface area contributed by atoms with Crippen molar-refractivity contribution in [3.05, 3.63) is 63.4 Å². The first-order valence-electron chi connectivity index (χ1n) is 8.91. The first kappa shape index (κ1) is 20.4. The molecule has 156 valence electrons. The quantitative estimate of drug-likeness (QED) is 0.666. The Morgan fingerprint density at radius 3 is 2.67 bits per heavy atom. The van der Waals surface area contributed by atoms with Crippen LogP contribution in [0.25, 0.3) is 10.9 Å². The minimum Gasteiger partial charge on any atom is -0.383 e. The highest BCUT2D eigenvalue weighted by molar-refractivity contribution is 6.34. The molecule has 0 atom stereocenters. The fourth-order valence-electron chi connectivity index (χ4n) is 3.36. The molecule has 0 unspecified atom stereocenters. The number of aromatic nitrogens is 2. The standard InChI is InChI=1S/C20H16ClF3N4O2/c1-28(7-11-3-2-10(6-26-11)20(22,23)24)19(29)13-4-12-14-8-30-9-15(14)18(25)27-17(12)5-16(13)21/h2-6H,7-9H2,1H3,(H2,25,27). The third-order valence-corrected chi connectivity index (χ3v) is 5.26. The number of benzene rings is 1. The maximum absolute atomic E-state index is 13.0. The summed E-state index contributed by atoms with van der Waals surface area (Å²) >= 11 is 6.32. The van der Waals surface area contributed by atoms with E-state index in [-0.39, 0.29) is 17.1 Å². The molecule has 0 saturated carbocycles. The minimum absolute atomic E-state index is 0.0204. The third kappa shape index (κ3) is 3.66. The van der Waals surface area contributed by atoms with Gasteiger partial charge in [-0.3, -0.25) is 9.78 Å². The van der Waals surface area contributed by atoms with E-state index in [1.165, 1.54) is 18.0 Å². The summed E-state index contributed by atoms with van der Waals surface area (Å²) in [5, 5.41) is 0.927. The molecule has 1 aliphatic rings. The van der Waals surface area contributed by atoms with Crippen molar-refractivity contribution < 1.29 is 22.7 Å². The Labute approximate surface area is 174 Å². The van der Waals surface area contributed by atoms with Gasteiger partial charge in [-0.05, 0) is 29.8 Å². The van der Waals surface area contributed by atoms with E-state index < -0.39 is 17.6 Å². The van der Waals surface area contributed by atoms with E-state index in [0.717, 1.165) is 28.8 Å². The van der Waals surface area contributed by atoms with Gasteiger partial charge in [0.2, 0.25) is 0 Å². The van der Waals surface area contributed by atoms with Gasteiger partial charge >= 0.3 is 6.18 Å². The van der Waals surface area contributed by atoms with Crippen LogP contribution in [0.2, 0.25) is 5.02 Å². The highest BCUT2D eigenvalue weighted by Gasteiger charge is 2.30. The van der Waals surface area contributed by atoms with Crippen molar-refractivity contribution >= 4 is 34.2 Å². The van der Waals surface area contributed by atoms with E-state index in [0.29, 0.717) is 30.2 Å². The summed E-state index contributed by atoms with van der Waals surface area (Å²) in [6.07, 6.45) is -3.72. The Kier molecular flexibility index (Phi) is 5.03. The number of halogens is 4. The molecule has 3 aromatic rings. The Hall–Kier alpha value is -2.91. The minimum atomic E-state index is -4.47. The summed E-state index contributed by atoms with van der Waals surface area (Å²) in [5.41, 5.74) is 7.92. The molecule has 0 fully saturated rings. The van der Waals surface area contributed by atoms with Crippen LogP contribution >= 0.6 is 11.6 Å². The van der Waals surface area contributed by atoms with Gasteiger partial charge in [-0.1, -0.05) is 11.6 Å². The highest BCUT2D eigenvalue weighted by Crippen LogP contribution is 2.34. The van der Waals surface area contributed by atoms with Crippen molar-refractivity contribution in [2.75, 3.05) is 12.8 Å². The number of hydrogen-bond donors (Lipinski definition) is 1. The fourth-order valence-corrected chi connectivity index (χ4v) is 3.60. The lowest BCUT2D eigenvalue weighted by molar-refractivity contribution is -0.137. The third-order valence-electron chi connectivity index (χ3n) is 4.95. The Morgan fingerprint density at radius 2 is 2.00 bits per heavy atom. The van der Waals surface area contributed by atoms with Crippen LogP contribution < -0.4 is 5.73 Å². The van der Waals surface area contributed by atoms with Gasteiger partial charge in [0.15, 0.2) is 0 Å². The van der Waals surface area contributed by atoms with E-state index in [4.69, 9.17) is 22.1 Å². The first-order chi connectivity index (χ1) is 14.1. The molecule has 6 nitrogen and oxygen atoms in total. The Bertz CT molecular complexity index is 1150. The number of hydrogen-bond acceptors (Lipinski definition) is 5. The summed E-state index contributed by atoms with van der Waals surface area (Å²) in [4.78, 5) is 22.4. The van der Waals surface area contributed by atoms with Crippen LogP contribution in [0.15, 0.2) is 30.5 Å². The molecule has 2 N–H and O–H groups in total. The average Bonchev–Trinajstić information content (AvgIpc) is 3.17. The second-order valence-electron chi connectivity index (χ2n) is 6.99. The van der Waals surface area contributed by atoms with Gasteiger partial charge in [0.05, 0.1) is 47.1 Å². The smallest absolute Gasteiger partial charge is 0.383 e. The number of carbonyl (C=O) groups excluding carboxylic acids is 1. The first-order valence-corrected chi connectivity index (χ1v) is 9.28. The number of pyridine rings is 2. The second-order valence-corrected chi connectivity index (χ2v) is 7.40. The van der Waals surface area contributed by atoms with Crippen molar-refractivity contribution in [2.24, 2.45) is 0 Å². The summed E-state index contributed by atoms with van der Waals surface area (Å²) in [5.74, 6) is -0.0243. The van der Waals surface area contributed by atoms with Crippen LogP contribution in [0.5, 0.6) is 0 Å². The molecule has 0 spiro atoms. The predicted molar refractivity (Wildman–Crippen MR) is 105 cm³/mol. The van der Waals surface area contributed by atoms with Gasteiger partial charge in [-0.15, -0.1) is 0 Å². The monoisotopic (exact) mass is 436 g/mol. The maximum Gasteiger partial charge on any atom is 0.417 e. The molecular weight excluding hydrogens is 421 g/mol. The molecular formula is C20H16ClF3N4O2. The van der Waals surface area contributed by atoms with E-state index >= 15 is 0 Å². The normalized spacial score (nSPS) is 13.5. The summed E-state index contributed by atoms with van der Waals surface area (Å²) in [6, 6.07) is 5.40. The summed E-state index contributed by atoms with van der Waals surface area (Å²) in [7, 11) is 1.52. The molecule has 0 bridgehead atoms. The zero-order valence-electron chi connectivity index (χ0n) is 15.8. The number of fused-ring (bicyclic) bond motifs is 3. The van der Waals surface area contributed by atoms with E-state index in [2.05, 4.69) is 9.97 Å². The predicted octanol–water partition coefficient (Wildman–Crippen LogP) is 4.19. The van der Waals surface area contributed by atoms with Gasteiger partial charge in [0.1, 0.15) is 5.82 Å². The molecule has 1 aromatic carbocycles. The van der Waals surface area contributed by atoms with Crippen LogP contribution in [0.4, 0.5) is 19.0 Å². The topological polar surface area (TPSA) is 81.3 Å². The van der Waals surface area contributed by atoms with Gasteiger partial charge in [0.25, 0.3) is 5.91 Å². The highest BCUT2D eigenvalue weighted by atomic mass is 35.5. The number of alkyl halides is 3. The molecule has 3 heterocycles. The molecule has 0 radical (unpaired) electrons. The van der Waals surface area contributed by atoms with E-state index in [9.17, 15) is 18.0 Å². The van der Waals surface area contributed by atoms with Gasteiger partial charge in [0, 0.05) is 24.2 Å². The number of ether oxygens (including phenoxy) is 1. The van der Waals surface area contributed by atoms with Crippen molar-refractivity contribution in [1.82, 2.24) is 14.9 Å². The zero-order valence-corrected chi connectivity index (χ0v) is 16.5. The summed E-state index contributed by atoms with van der Waals surface area (Å²) in [6.45, 7) is 0.737. The SMILES string of the molecule is CN(Cc1ccc(C(F)(F)F)cn1)C(=O)c1cc2c3c(c(N)nc2cc1Cl)COC3. The van der Waals surface area contributed by atoms with Gasteiger partial charge in [-0.25, -0.2) is 4.98 Å².